The van der Waals surface area contributed by atoms with Crippen LogP contribution in [0.2, 0.25) is 0 Å². The summed E-state index contributed by atoms with van der Waals surface area (Å²) < 4.78 is 5.84. The van der Waals surface area contributed by atoms with Crippen LogP contribution in [0.5, 0.6) is 0 Å². The lowest BCUT2D eigenvalue weighted by Crippen LogP contribution is -2.39. The predicted octanol–water partition coefficient (Wildman–Crippen LogP) is 6.49. The highest BCUT2D eigenvalue weighted by Gasteiger charge is 2.42. The maximum Gasteiger partial charge on any atom is 0.338 e. The topological polar surface area (TPSA) is 71.0 Å². The van der Waals surface area contributed by atoms with Crippen LogP contribution in [0.1, 0.15) is 75.4 Å². The minimum Gasteiger partial charge on any atom is -0.456 e. The van der Waals surface area contributed by atoms with E-state index in [0.29, 0.717) is 11.3 Å². The van der Waals surface area contributed by atoms with Gasteiger partial charge in [0.25, 0.3) is 0 Å². The van der Waals surface area contributed by atoms with Gasteiger partial charge in [0.1, 0.15) is 5.60 Å². The van der Waals surface area contributed by atoms with Crippen LogP contribution in [0.15, 0.2) is 75.9 Å². The highest BCUT2D eigenvalue weighted by atomic mass is 32.2. The molecular formula is C30H35N3O3S. The third kappa shape index (κ3) is 5.99. The van der Waals surface area contributed by atoms with Crippen LogP contribution in [0.3, 0.4) is 0 Å². The molecule has 194 valence electrons. The van der Waals surface area contributed by atoms with E-state index < -0.39 is 17.6 Å². The average Bonchev–Trinajstić information content (AvgIpc) is 3.20. The van der Waals surface area contributed by atoms with Crippen LogP contribution in [-0.4, -0.2) is 27.5 Å². The predicted molar refractivity (Wildman–Crippen MR) is 150 cm³/mol. The van der Waals surface area contributed by atoms with Gasteiger partial charge in [-0.05, 0) is 70.6 Å². The number of amidine groups is 1. The van der Waals surface area contributed by atoms with Gasteiger partial charge >= 0.3 is 5.97 Å². The van der Waals surface area contributed by atoms with E-state index in [0.717, 1.165) is 33.1 Å². The molecular weight excluding hydrogens is 482 g/mol. The number of ether oxygens (including phenoxy) is 1. The molecule has 2 aliphatic rings. The summed E-state index contributed by atoms with van der Waals surface area (Å²) in [4.78, 5) is 33.5. The van der Waals surface area contributed by atoms with E-state index in [-0.39, 0.29) is 18.4 Å². The molecule has 37 heavy (non-hydrogen) atoms. The molecule has 0 spiro atoms. The lowest BCUT2D eigenvalue weighted by molar-refractivity contribution is -0.150. The molecule has 2 aromatic carbocycles. The number of nitrogens with one attached hydrogen (secondary N) is 1. The number of hydrogen-bond acceptors (Lipinski definition) is 6. The lowest BCUT2D eigenvalue weighted by Gasteiger charge is -2.38. The van der Waals surface area contributed by atoms with Crippen molar-refractivity contribution in [2.24, 2.45) is 4.99 Å². The summed E-state index contributed by atoms with van der Waals surface area (Å²) in [5.41, 5.74) is 5.49. The Balaban J connectivity index is 1.68. The van der Waals surface area contributed by atoms with Gasteiger partial charge in [-0.3, -0.25) is 4.79 Å². The maximum atomic E-state index is 13.5. The second-order valence-corrected chi connectivity index (χ2v) is 11.5. The van der Waals surface area contributed by atoms with Gasteiger partial charge in [0, 0.05) is 5.70 Å². The van der Waals surface area contributed by atoms with E-state index in [4.69, 9.17) is 9.73 Å². The van der Waals surface area contributed by atoms with Crippen LogP contribution < -0.4 is 5.32 Å². The van der Waals surface area contributed by atoms with Gasteiger partial charge in [-0.15, -0.1) is 0 Å². The summed E-state index contributed by atoms with van der Waals surface area (Å²) in [5, 5.41) is 5.83. The number of aliphatic imine (C=N–C) groups is 1. The van der Waals surface area contributed by atoms with E-state index in [2.05, 4.69) is 23.5 Å². The number of carbonyl (C=O) groups excluding carboxylic acids is 2. The normalized spacial score (nSPS) is 18.1. The van der Waals surface area contributed by atoms with Gasteiger partial charge in [-0.2, -0.15) is 0 Å². The van der Waals surface area contributed by atoms with Crippen molar-refractivity contribution in [2.45, 2.75) is 72.6 Å². The van der Waals surface area contributed by atoms with Crippen LogP contribution in [-0.2, 0) is 14.3 Å². The molecule has 6 nitrogen and oxygen atoms in total. The minimum absolute atomic E-state index is 0.0886. The largest absolute Gasteiger partial charge is 0.456 e. The number of allylic oxidation sites excluding steroid dienone is 1. The first-order valence-corrected chi connectivity index (χ1v) is 13.4. The molecule has 1 amide bonds. The van der Waals surface area contributed by atoms with Crippen molar-refractivity contribution in [1.82, 2.24) is 10.2 Å². The fourth-order valence-electron chi connectivity index (χ4n) is 4.59. The van der Waals surface area contributed by atoms with Crippen molar-refractivity contribution in [1.29, 1.82) is 0 Å². The molecule has 0 radical (unpaired) electrons. The molecule has 7 heteroatoms. The van der Waals surface area contributed by atoms with E-state index in [1.807, 2.05) is 89.1 Å². The van der Waals surface area contributed by atoms with Crippen LogP contribution in [0.25, 0.3) is 0 Å². The number of fused-ring (bicyclic) bond motifs is 1. The maximum absolute atomic E-state index is 13.5. The van der Waals surface area contributed by atoms with Gasteiger partial charge in [-0.25, -0.2) is 9.79 Å². The molecule has 0 bridgehead atoms. The highest BCUT2D eigenvalue weighted by Crippen LogP contribution is 2.46. The molecule has 0 aliphatic carbocycles. The smallest absolute Gasteiger partial charge is 0.338 e. The molecule has 4 rings (SSSR count). The number of esters is 1. The second-order valence-electron chi connectivity index (χ2n) is 10.6. The fourth-order valence-corrected chi connectivity index (χ4v) is 5.56. The first-order chi connectivity index (χ1) is 17.4. The van der Waals surface area contributed by atoms with Crippen LogP contribution >= 0.6 is 11.8 Å². The minimum atomic E-state index is -0.646. The Hall–Kier alpha value is -3.32. The van der Waals surface area contributed by atoms with Crippen molar-refractivity contribution in [3.8, 4) is 0 Å². The first-order valence-electron chi connectivity index (χ1n) is 12.5. The molecule has 2 atom stereocenters. The zero-order valence-corrected chi connectivity index (χ0v) is 23.4. The second kappa shape index (κ2) is 10.6. The zero-order chi connectivity index (χ0) is 26.9. The van der Waals surface area contributed by atoms with E-state index in [9.17, 15) is 9.59 Å². The van der Waals surface area contributed by atoms with Gasteiger partial charge < -0.3 is 15.0 Å². The Bertz CT molecular complexity index is 1310. The summed E-state index contributed by atoms with van der Waals surface area (Å²) in [5.74, 6) is -0.480. The molecule has 0 fully saturated rings. The molecule has 0 aromatic heterocycles. The standard InChI is InChI=1S/C30H35N3O3S/c1-18-13-14-19(2)24(15-18)27-26(28(35)36-30(5,6)7)21(4)32-29-33(27)23(17-37-29)16-25(34)31-20(3)22-11-9-8-10-12-22/h8-15,17,20,27H,16H2,1-7H3,(H,31,34). The van der Waals surface area contributed by atoms with E-state index in [1.165, 1.54) is 11.8 Å². The van der Waals surface area contributed by atoms with Crippen molar-refractivity contribution >= 4 is 28.8 Å². The number of thioether (sulfide) groups is 1. The lowest BCUT2D eigenvalue weighted by atomic mass is 9.89. The molecule has 0 saturated carbocycles. The van der Waals surface area contributed by atoms with E-state index in [1.54, 1.807) is 0 Å². The third-order valence-corrected chi connectivity index (χ3v) is 7.26. The molecule has 1 N–H and O–H groups in total. The van der Waals surface area contributed by atoms with Gasteiger partial charge in [-0.1, -0.05) is 65.9 Å². The number of aryl methyl sites for hydroxylation is 2. The first kappa shape index (κ1) is 26.7. The summed E-state index contributed by atoms with van der Waals surface area (Å²) in [6.07, 6.45) is 0.172. The number of amides is 1. The van der Waals surface area contributed by atoms with Crippen molar-refractivity contribution in [3.05, 3.63) is 93.2 Å². The Labute approximate surface area is 223 Å². The Morgan fingerprint density at radius 1 is 1.11 bits per heavy atom. The van der Waals surface area contributed by atoms with Gasteiger partial charge in [0.15, 0.2) is 5.17 Å². The van der Waals surface area contributed by atoms with Crippen molar-refractivity contribution < 1.29 is 14.3 Å². The molecule has 2 heterocycles. The summed E-state index contributed by atoms with van der Waals surface area (Å²) in [6, 6.07) is 15.6. The third-order valence-electron chi connectivity index (χ3n) is 6.37. The van der Waals surface area contributed by atoms with Crippen molar-refractivity contribution in [2.75, 3.05) is 0 Å². The zero-order valence-electron chi connectivity index (χ0n) is 22.6. The monoisotopic (exact) mass is 517 g/mol. The van der Waals surface area contributed by atoms with Gasteiger partial charge in [0.05, 0.1) is 29.8 Å². The number of hydrogen-bond donors (Lipinski definition) is 1. The summed E-state index contributed by atoms with van der Waals surface area (Å²) >= 11 is 1.48. The molecule has 2 aliphatic heterocycles. The Morgan fingerprint density at radius 2 is 1.81 bits per heavy atom. The molecule has 2 aromatic rings. The van der Waals surface area contributed by atoms with Crippen LogP contribution in [0.4, 0.5) is 0 Å². The fraction of sp³-hybridized carbons (Fsp3) is 0.367. The molecule has 0 saturated heterocycles. The Kier molecular flexibility index (Phi) is 7.64. The van der Waals surface area contributed by atoms with Crippen molar-refractivity contribution in [3.63, 3.8) is 0 Å². The number of rotatable bonds is 6. The highest BCUT2D eigenvalue weighted by molar-refractivity contribution is 8.16. The van der Waals surface area contributed by atoms with E-state index >= 15 is 0 Å². The Morgan fingerprint density at radius 3 is 2.49 bits per heavy atom. The number of carbonyl (C=O) groups is 2. The van der Waals surface area contributed by atoms with Gasteiger partial charge in [0.2, 0.25) is 5.91 Å². The average molecular weight is 518 g/mol. The molecule has 2 unspecified atom stereocenters. The van der Waals surface area contributed by atoms with Crippen LogP contribution in [0, 0.1) is 13.8 Å². The number of benzene rings is 2. The quantitative estimate of drug-likeness (QED) is 0.444. The summed E-state index contributed by atoms with van der Waals surface area (Å²) in [6.45, 7) is 13.5. The summed E-state index contributed by atoms with van der Waals surface area (Å²) in [7, 11) is 0. The SMILES string of the molecule is CC1=C(C(=O)OC(C)(C)C)C(c2cc(C)ccc2C)N2C(CC(=O)NC(C)c3ccccc3)=CSC2=N1. The number of nitrogens with zero attached hydrogens (tertiary/aromatic N) is 2.